The highest BCUT2D eigenvalue weighted by Crippen LogP contribution is 2.28. The number of rotatable bonds is 3. The van der Waals surface area contributed by atoms with Crippen molar-refractivity contribution in [2.45, 2.75) is 13.3 Å². The van der Waals surface area contributed by atoms with Gasteiger partial charge in [-0.3, -0.25) is 4.79 Å². The van der Waals surface area contributed by atoms with Crippen LogP contribution in [0.3, 0.4) is 0 Å². The molecule has 0 aromatic heterocycles. The molecular weight excluding hydrogens is 267 g/mol. The number of carbonyl (C=O) groups is 1. The van der Waals surface area contributed by atoms with Crippen LogP contribution in [0.25, 0.3) is 0 Å². The van der Waals surface area contributed by atoms with Gasteiger partial charge in [0.25, 0.3) is 0 Å². The molecule has 15 heavy (non-hydrogen) atoms. The Balaban J connectivity index is 2.83. The van der Waals surface area contributed by atoms with E-state index in [1.165, 1.54) is 12.1 Å². The molecule has 0 aliphatic heterocycles. The zero-order valence-corrected chi connectivity index (χ0v) is 9.67. The molecule has 0 amide bonds. The maximum absolute atomic E-state index is 13.1. The van der Waals surface area contributed by atoms with Crippen molar-refractivity contribution >= 4 is 21.9 Å². The summed E-state index contributed by atoms with van der Waals surface area (Å²) in [4.78, 5) is 11.1. The SMILES string of the molecule is CCOC(=O)Cc1cc(O)c(Br)c(F)c1. The molecule has 3 nitrogen and oxygen atoms in total. The summed E-state index contributed by atoms with van der Waals surface area (Å²) < 4.78 is 17.8. The number of aromatic hydroxyl groups is 1. The third kappa shape index (κ3) is 3.20. The van der Waals surface area contributed by atoms with Gasteiger partial charge in [0.2, 0.25) is 0 Å². The normalized spacial score (nSPS) is 10.1. The van der Waals surface area contributed by atoms with E-state index in [2.05, 4.69) is 15.9 Å². The van der Waals surface area contributed by atoms with Crippen LogP contribution in [-0.4, -0.2) is 17.7 Å². The minimum Gasteiger partial charge on any atom is -0.507 e. The summed E-state index contributed by atoms with van der Waals surface area (Å²) in [5.74, 6) is -1.28. The minimum atomic E-state index is -0.603. The van der Waals surface area contributed by atoms with Crippen molar-refractivity contribution in [1.82, 2.24) is 0 Å². The zero-order valence-electron chi connectivity index (χ0n) is 8.09. The molecule has 1 aromatic rings. The molecule has 82 valence electrons. The largest absolute Gasteiger partial charge is 0.507 e. The third-order valence-corrected chi connectivity index (χ3v) is 2.51. The lowest BCUT2D eigenvalue weighted by Crippen LogP contribution is -2.07. The van der Waals surface area contributed by atoms with Crippen LogP contribution in [0.15, 0.2) is 16.6 Å². The van der Waals surface area contributed by atoms with E-state index >= 15 is 0 Å². The average molecular weight is 277 g/mol. The van der Waals surface area contributed by atoms with Crippen molar-refractivity contribution in [3.63, 3.8) is 0 Å². The van der Waals surface area contributed by atoms with E-state index in [0.717, 1.165) is 0 Å². The van der Waals surface area contributed by atoms with Gasteiger partial charge in [-0.15, -0.1) is 0 Å². The molecule has 0 aliphatic rings. The van der Waals surface area contributed by atoms with Crippen molar-refractivity contribution in [2.75, 3.05) is 6.61 Å². The first-order valence-electron chi connectivity index (χ1n) is 4.37. The number of phenols is 1. The summed E-state index contributed by atoms with van der Waals surface area (Å²) in [6.45, 7) is 1.97. The van der Waals surface area contributed by atoms with E-state index in [1.54, 1.807) is 6.92 Å². The molecule has 1 rings (SSSR count). The van der Waals surface area contributed by atoms with Crippen LogP contribution in [0.4, 0.5) is 4.39 Å². The molecule has 0 saturated heterocycles. The number of hydrogen-bond acceptors (Lipinski definition) is 3. The Labute approximate surface area is 95.0 Å². The van der Waals surface area contributed by atoms with Crippen molar-refractivity contribution in [2.24, 2.45) is 0 Å². The zero-order chi connectivity index (χ0) is 11.4. The predicted molar refractivity (Wildman–Crippen MR) is 56.1 cm³/mol. The van der Waals surface area contributed by atoms with Crippen LogP contribution in [0.2, 0.25) is 0 Å². The highest BCUT2D eigenvalue weighted by molar-refractivity contribution is 9.10. The minimum absolute atomic E-state index is 0.00453. The van der Waals surface area contributed by atoms with E-state index in [1.807, 2.05) is 0 Å². The van der Waals surface area contributed by atoms with Gasteiger partial charge in [-0.05, 0) is 40.5 Å². The number of halogens is 2. The van der Waals surface area contributed by atoms with Crippen LogP contribution >= 0.6 is 15.9 Å². The molecule has 0 radical (unpaired) electrons. The van der Waals surface area contributed by atoms with Gasteiger partial charge in [0.05, 0.1) is 17.5 Å². The van der Waals surface area contributed by atoms with E-state index < -0.39 is 11.8 Å². The van der Waals surface area contributed by atoms with Crippen LogP contribution in [0, 0.1) is 5.82 Å². The first-order chi connectivity index (χ1) is 7.04. The number of hydrogen-bond donors (Lipinski definition) is 1. The van der Waals surface area contributed by atoms with Crippen molar-refractivity contribution in [3.8, 4) is 5.75 Å². The standard InChI is InChI=1S/C10H10BrFO3/c1-2-15-9(14)5-6-3-7(12)10(11)8(13)4-6/h3-4,13H,2,5H2,1H3. The van der Waals surface area contributed by atoms with Crippen LogP contribution in [0.1, 0.15) is 12.5 Å². The molecule has 0 unspecified atom stereocenters. The van der Waals surface area contributed by atoms with E-state index in [9.17, 15) is 14.3 Å². The Bertz CT molecular complexity index is 356. The van der Waals surface area contributed by atoms with Gasteiger partial charge in [0.15, 0.2) is 0 Å². The van der Waals surface area contributed by atoms with Crippen molar-refractivity contribution in [1.29, 1.82) is 0 Å². The third-order valence-electron chi connectivity index (χ3n) is 1.72. The van der Waals surface area contributed by atoms with Crippen LogP contribution in [0.5, 0.6) is 5.75 Å². The highest BCUT2D eigenvalue weighted by atomic mass is 79.9. The van der Waals surface area contributed by atoms with Crippen LogP contribution in [-0.2, 0) is 16.0 Å². The summed E-state index contributed by atoms with van der Waals surface area (Å²) >= 11 is 2.87. The van der Waals surface area contributed by atoms with E-state index in [4.69, 9.17) is 4.74 Å². The molecule has 0 heterocycles. The number of phenolic OH excluding ortho intramolecular Hbond substituents is 1. The smallest absolute Gasteiger partial charge is 0.310 e. The van der Waals surface area contributed by atoms with Gasteiger partial charge in [-0.1, -0.05) is 0 Å². The first-order valence-corrected chi connectivity index (χ1v) is 5.16. The first kappa shape index (κ1) is 12.0. The summed E-state index contributed by atoms with van der Waals surface area (Å²) in [5, 5.41) is 9.28. The summed E-state index contributed by atoms with van der Waals surface area (Å²) in [7, 11) is 0. The van der Waals surface area contributed by atoms with Crippen LogP contribution < -0.4 is 0 Å². The fourth-order valence-electron chi connectivity index (χ4n) is 1.11. The molecule has 0 saturated carbocycles. The lowest BCUT2D eigenvalue weighted by atomic mass is 10.1. The van der Waals surface area contributed by atoms with E-state index in [0.29, 0.717) is 5.56 Å². The molecule has 0 atom stereocenters. The van der Waals surface area contributed by atoms with Gasteiger partial charge in [0.1, 0.15) is 11.6 Å². The highest BCUT2D eigenvalue weighted by Gasteiger charge is 2.10. The fourth-order valence-corrected chi connectivity index (χ4v) is 1.34. The molecule has 1 aromatic carbocycles. The van der Waals surface area contributed by atoms with E-state index in [-0.39, 0.29) is 23.2 Å². The molecule has 0 bridgehead atoms. The van der Waals surface area contributed by atoms with Gasteiger partial charge < -0.3 is 9.84 Å². The summed E-state index contributed by atoms with van der Waals surface area (Å²) in [6, 6.07) is 2.50. The summed E-state index contributed by atoms with van der Waals surface area (Å²) in [5.41, 5.74) is 0.381. The molecule has 0 spiro atoms. The molecule has 0 aliphatic carbocycles. The Morgan fingerprint density at radius 2 is 2.27 bits per heavy atom. The lowest BCUT2D eigenvalue weighted by molar-refractivity contribution is -0.142. The summed E-state index contributed by atoms with van der Waals surface area (Å²) in [6.07, 6.45) is -0.0500. The topological polar surface area (TPSA) is 46.5 Å². The number of carbonyl (C=O) groups excluding carboxylic acids is 1. The molecule has 1 N–H and O–H groups in total. The maximum Gasteiger partial charge on any atom is 0.310 e. The Morgan fingerprint density at radius 1 is 1.60 bits per heavy atom. The van der Waals surface area contributed by atoms with Gasteiger partial charge in [-0.2, -0.15) is 0 Å². The average Bonchev–Trinajstić information content (AvgIpc) is 2.14. The second kappa shape index (κ2) is 5.11. The number of esters is 1. The Morgan fingerprint density at radius 3 is 2.80 bits per heavy atom. The Hall–Kier alpha value is -1.10. The predicted octanol–water partition coefficient (Wildman–Crippen LogP) is 2.40. The fraction of sp³-hybridized carbons (Fsp3) is 0.300. The second-order valence-electron chi connectivity index (χ2n) is 2.89. The molecule has 5 heteroatoms. The lowest BCUT2D eigenvalue weighted by Gasteiger charge is -2.04. The monoisotopic (exact) mass is 276 g/mol. The van der Waals surface area contributed by atoms with Gasteiger partial charge in [-0.25, -0.2) is 4.39 Å². The number of ether oxygens (including phenoxy) is 1. The van der Waals surface area contributed by atoms with Gasteiger partial charge in [0, 0.05) is 0 Å². The molecule has 0 fully saturated rings. The Kier molecular flexibility index (Phi) is 4.08. The quantitative estimate of drug-likeness (QED) is 0.863. The van der Waals surface area contributed by atoms with Gasteiger partial charge >= 0.3 is 5.97 Å². The molecular formula is C10H10BrFO3. The second-order valence-corrected chi connectivity index (χ2v) is 3.69. The maximum atomic E-state index is 13.1. The van der Waals surface area contributed by atoms with Crippen molar-refractivity contribution in [3.05, 3.63) is 28.0 Å². The van der Waals surface area contributed by atoms with Crippen molar-refractivity contribution < 1.29 is 19.0 Å². The number of benzene rings is 1.